The third-order valence-corrected chi connectivity index (χ3v) is 6.21. The number of likely N-dealkylation sites (tertiary alicyclic amines) is 1. The molecule has 0 unspecified atom stereocenters. The van der Waals surface area contributed by atoms with Gasteiger partial charge in [-0.15, -0.1) is 0 Å². The lowest BCUT2D eigenvalue weighted by Gasteiger charge is -2.33. The second kappa shape index (κ2) is 7.56. The SMILES string of the molecule is CCOCC(=O)N1CCC[C@@H](S(=O)(=O)NC2CCCC2)C1. The van der Waals surface area contributed by atoms with E-state index in [0.29, 0.717) is 19.6 Å². The van der Waals surface area contributed by atoms with Crippen LogP contribution >= 0.6 is 0 Å². The molecule has 7 heteroatoms. The predicted molar refractivity (Wildman–Crippen MR) is 80.4 cm³/mol. The van der Waals surface area contributed by atoms with Crippen LogP contribution in [0.3, 0.4) is 0 Å². The van der Waals surface area contributed by atoms with Gasteiger partial charge in [0, 0.05) is 25.7 Å². The van der Waals surface area contributed by atoms with E-state index >= 15 is 0 Å². The van der Waals surface area contributed by atoms with Gasteiger partial charge in [-0.25, -0.2) is 13.1 Å². The molecule has 0 aromatic rings. The fourth-order valence-electron chi connectivity index (χ4n) is 3.07. The zero-order valence-corrected chi connectivity index (χ0v) is 13.5. The first kappa shape index (κ1) is 16.7. The molecule has 0 spiro atoms. The van der Waals surface area contributed by atoms with Crippen molar-refractivity contribution < 1.29 is 17.9 Å². The largest absolute Gasteiger partial charge is 0.372 e. The Kier molecular flexibility index (Phi) is 6.01. The number of sulfonamides is 1. The van der Waals surface area contributed by atoms with Crippen LogP contribution in [0.15, 0.2) is 0 Å². The molecule has 1 N–H and O–H groups in total. The van der Waals surface area contributed by atoms with Crippen molar-refractivity contribution in [1.29, 1.82) is 0 Å². The number of rotatable bonds is 6. The van der Waals surface area contributed by atoms with Gasteiger partial charge >= 0.3 is 0 Å². The van der Waals surface area contributed by atoms with Crippen molar-refractivity contribution >= 4 is 15.9 Å². The Bertz CT molecular complexity index is 446. The van der Waals surface area contributed by atoms with E-state index in [1.807, 2.05) is 6.92 Å². The number of nitrogens with zero attached hydrogens (tertiary/aromatic N) is 1. The lowest BCUT2D eigenvalue weighted by molar-refractivity contribution is -0.136. The van der Waals surface area contributed by atoms with Gasteiger partial charge in [0.05, 0.1) is 5.25 Å². The smallest absolute Gasteiger partial charge is 0.248 e. The molecule has 1 heterocycles. The first-order valence-corrected chi connectivity index (χ1v) is 9.44. The summed E-state index contributed by atoms with van der Waals surface area (Å²) in [6, 6.07) is 0.0875. The highest BCUT2D eigenvalue weighted by molar-refractivity contribution is 7.90. The topological polar surface area (TPSA) is 75.7 Å². The quantitative estimate of drug-likeness (QED) is 0.789. The summed E-state index contributed by atoms with van der Waals surface area (Å²) in [5, 5.41) is -0.488. The van der Waals surface area contributed by atoms with Gasteiger partial charge < -0.3 is 9.64 Å². The highest BCUT2D eigenvalue weighted by Crippen LogP contribution is 2.22. The van der Waals surface area contributed by atoms with Crippen LogP contribution < -0.4 is 4.72 Å². The minimum Gasteiger partial charge on any atom is -0.372 e. The summed E-state index contributed by atoms with van der Waals surface area (Å²) in [5.41, 5.74) is 0. The highest BCUT2D eigenvalue weighted by atomic mass is 32.2. The minimum absolute atomic E-state index is 0.0410. The number of hydrogen-bond acceptors (Lipinski definition) is 4. The Balaban J connectivity index is 1.91. The fraction of sp³-hybridized carbons (Fsp3) is 0.929. The van der Waals surface area contributed by atoms with Crippen LogP contribution in [0.5, 0.6) is 0 Å². The molecule has 1 aliphatic carbocycles. The Morgan fingerprint density at radius 1 is 1.24 bits per heavy atom. The maximum atomic E-state index is 12.4. The number of carbonyl (C=O) groups excluding carboxylic acids is 1. The van der Waals surface area contributed by atoms with Crippen molar-refractivity contribution in [3.63, 3.8) is 0 Å². The van der Waals surface area contributed by atoms with Gasteiger partial charge in [-0.05, 0) is 32.6 Å². The Morgan fingerprint density at radius 2 is 1.95 bits per heavy atom. The Hall–Kier alpha value is -0.660. The number of amides is 1. The van der Waals surface area contributed by atoms with Gasteiger partial charge in [-0.3, -0.25) is 4.79 Å². The zero-order valence-electron chi connectivity index (χ0n) is 12.7. The van der Waals surface area contributed by atoms with Crippen molar-refractivity contribution in [2.45, 2.75) is 56.7 Å². The molecule has 0 aromatic heterocycles. The summed E-state index contributed by atoms with van der Waals surface area (Å²) >= 11 is 0. The second-order valence-corrected chi connectivity index (χ2v) is 7.88. The molecule has 1 saturated heterocycles. The van der Waals surface area contributed by atoms with Crippen LogP contribution in [0, 0.1) is 0 Å². The molecule has 0 radical (unpaired) electrons. The molecule has 2 fully saturated rings. The molecule has 6 nitrogen and oxygen atoms in total. The molecular weight excluding hydrogens is 292 g/mol. The first-order chi connectivity index (χ1) is 10.0. The lowest BCUT2D eigenvalue weighted by atomic mass is 10.1. The van der Waals surface area contributed by atoms with Gasteiger partial charge in [0.2, 0.25) is 15.9 Å². The van der Waals surface area contributed by atoms with E-state index in [1.54, 1.807) is 4.90 Å². The predicted octanol–water partition coefficient (Wildman–Crippen LogP) is 0.876. The van der Waals surface area contributed by atoms with Gasteiger partial charge in [0.25, 0.3) is 0 Å². The first-order valence-electron chi connectivity index (χ1n) is 7.89. The van der Waals surface area contributed by atoms with Crippen LogP contribution in [0.4, 0.5) is 0 Å². The van der Waals surface area contributed by atoms with Crippen molar-refractivity contribution in [2.75, 3.05) is 26.3 Å². The Morgan fingerprint density at radius 3 is 2.62 bits per heavy atom. The molecule has 1 atom stereocenters. The summed E-state index contributed by atoms with van der Waals surface area (Å²) in [4.78, 5) is 13.6. The van der Waals surface area contributed by atoms with Gasteiger partial charge in [-0.2, -0.15) is 0 Å². The average Bonchev–Trinajstić information content (AvgIpc) is 2.97. The maximum Gasteiger partial charge on any atom is 0.248 e. The second-order valence-electron chi connectivity index (χ2n) is 5.89. The normalized spacial score (nSPS) is 24.4. The monoisotopic (exact) mass is 318 g/mol. The van der Waals surface area contributed by atoms with E-state index in [1.165, 1.54) is 0 Å². The summed E-state index contributed by atoms with van der Waals surface area (Å²) in [5.74, 6) is -0.113. The van der Waals surface area contributed by atoms with E-state index in [9.17, 15) is 13.2 Å². The minimum atomic E-state index is -3.34. The van der Waals surface area contributed by atoms with Crippen LogP contribution in [0.1, 0.15) is 45.4 Å². The van der Waals surface area contributed by atoms with Gasteiger partial charge in [0.1, 0.15) is 6.61 Å². The number of ether oxygens (including phenoxy) is 1. The van der Waals surface area contributed by atoms with Crippen LogP contribution in [0.2, 0.25) is 0 Å². The molecule has 1 aliphatic heterocycles. The van der Waals surface area contributed by atoms with Crippen LogP contribution in [-0.2, 0) is 19.6 Å². The maximum absolute atomic E-state index is 12.4. The average molecular weight is 318 g/mol. The van der Waals surface area contributed by atoms with Crippen molar-refractivity contribution in [1.82, 2.24) is 9.62 Å². The molecule has 122 valence electrons. The molecule has 0 bridgehead atoms. The lowest BCUT2D eigenvalue weighted by Crippen LogP contribution is -2.50. The molecule has 2 aliphatic rings. The number of nitrogens with one attached hydrogen (secondary N) is 1. The standard InChI is InChI=1S/C14H26N2O4S/c1-2-20-11-14(17)16-9-5-8-13(10-16)21(18,19)15-12-6-3-4-7-12/h12-13,15H,2-11H2,1H3/t13-/m1/s1. The summed E-state index contributed by atoms with van der Waals surface area (Å²) in [6.45, 7) is 3.28. The fourth-order valence-corrected chi connectivity index (χ4v) is 4.82. The molecule has 1 amide bonds. The van der Waals surface area contributed by atoms with Crippen molar-refractivity contribution in [3.8, 4) is 0 Å². The number of hydrogen-bond donors (Lipinski definition) is 1. The summed E-state index contributed by atoms with van der Waals surface area (Å²) in [6.07, 6.45) is 5.40. The molecule has 0 aromatic carbocycles. The van der Waals surface area contributed by atoms with Crippen molar-refractivity contribution in [3.05, 3.63) is 0 Å². The third kappa shape index (κ3) is 4.66. The third-order valence-electron chi connectivity index (χ3n) is 4.29. The van der Waals surface area contributed by atoms with Crippen LogP contribution in [0.25, 0.3) is 0 Å². The van der Waals surface area contributed by atoms with E-state index in [4.69, 9.17) is 4.74 Å². The molecule has 2 rings (SSSR count). The number of piperidine rings is 1. The van der Waals surface area contributed by atoms with Crippen molar-refractivity contribution in [2.24, 2.45) is 0 Å². The Labute approximate surface area is 127 Å². The van der Waals surface area contributed by atoms with Crippen LogP contribution in [-0.4, -0.2) is 56.8 Å². The molecular formula is C14H26N2O4S. The van der Waals surface area contributed by atoms with E-state index in [2.05, 4.69) is 4.72 Å². The van der Waals surface area contributed by atoms with Gasteiger partial charge in [0.15, 0.2) is 0 Å². The molecule has 21 heavy (non-hydrogen) atoms. The number of carbonyl (C=O) groups is 1. The van der Waals surface area contributed by atoms with Gasteiger partial charge in [-0.1, -0.05) is 12.8 Å². The molecule has 1 saturated carbocycles. The van der Waals surface area contributed by atoms with E-state index in [0.717, 1.165) is 32.1 Å². The highest BCUT2D eigenvalue weighted by Gasteiger charge is 2.34. The van der Waals surface area contributed by atoms with E-state index in [-0.39, 0.29) is 25.1 Å². The van der Waals surface area contributed by atoms with E-state index < -0.39 is 15.3 Å². The zero-order chi connectivity index (χ0) is 15.3. The summed E-state index contributed by atoms with van der Waals surface area (Å²) in [7, 11) is -3.34. The summed E-state index contributed by atoms with van der Waals surface area (Å²) < 4.78 is 32.8.